The number of hydrogen-bond acceptors (Lipinski definition) is 4. The molecule has 1 aromatic rings. The van der Waals surface area contributed by atoms with E-state index >= 15 is 0 Å². The maximum absolute atomic E-state index is 10.7. The van der Waals surface area contributed by atoms with Crippen molar-refractivity contribution in [3.63, 3.8) is 0 Å². The highest BCUT2D eigenvalue weighted by molar-refractivity contribution is 5.65. The van der Waals surface area contributed by atoms with Gasteiger partial charge in [-0.2, -0.15) is 0 Å². The fraction of sp³-hybridized carbons (Fsp3) is 0.562. The molecule has 0 fully saturated rings. The third-order valence-electron chi connectivity index (χ3n) is 3.16. The number of hydrogen-bond donors (Lipinski definition) is 1. The van der Waals surface area contributed by atoms with Gasteiger partial charge < -0.3 is 25.1 Å². The van der Waals surface area contributed by atoms with E-state index in [1.807, 2.05) is 19.1 Å². The van der Waals surface area contributed by atoms with Crippen LogP contribution in [0.2, 0.25) is 0 Å². The van der Waals surface area contributed by atoms with Crippen LogP contribution in [0.1, 0.15) is 51.1 Å². The Labute approximate surface area is 126 Å². The van der Waals surface area contributed by atoms with E-state index in [4.69, 9.17) is 9.47 Å². The second kappa shape index (κ2) is 9.23. The number of rotatable bonds is 10. The molecule has 0 spiro atoms. The Morgan fingerprint density at radius 2 is 2.00 bits per heavy atom. The van der Waals surface area contributed by atoms with E-state index in [1.54, 1.807) is 6.07 Å². The van der Waals surface area contributed by atoms with Gasteiger partial charge in [0, 0.05) is 18.0 Å². The summed E-state index contributed by atoms with van der Waals surface area (Å²) in [5.74, 6) is 0.226. The number of unbranched alkanes of at least 4 members (excludes halogenated alkanes) is 2. The van der Waals surface area contributed by atoms with Crippen LogP contribution in [0.25, 0.3) is 0 Å². The van der Waals surface area contributed by atoms with Crippen molar-refractivity contribution in [2.75, 3.05) is 13.2 Å². The van der Waals surface area contributed by atoms with Crippen LogP contribution in [-0.2, 0) is 4.79 Å². The summed E-state index contributed by atoms with van der Waals surface area (Å²) in [6, 6.07) is 5.10. The number of carboxylic acid groups (broad SMARTS) is 1. The highest BCUT2D eigenvalue weighted by Crippen LogP contribution is 2.30. The van der Waals surface area contributed by atoms with Crippen LogP contribution < -0.4 is 20.3 Å². The Balaban J connectivity index is 2.77. The first-order chi connectivity index (χ1) is 10.1. The average Bonchev–Trinajstić information content (AvgIpc) is 2.44. The molecule has 1 aromatic carbocycles. The summed E-state index contributed by atoms with van der Waals surface area (Å²) < 4.78 is 11.3. The van der Waals surface area contributed by atoms with E-state index in [-0.39, 0.29) is 12.5 Å². The highest BCUT2D eigenvalue weighted by Gasteiger charge is 2.14. The molecular formula is C16H25NO4. The van der Waals surface area contributed by atoms with Crippen molar-refractivity contribution in [3.05, 3.63) is 23.8 Å². The van der Waals surface area contributed by atoms with Crippen molar-refractivity contribution in [1.29, 1.82) is 0 Å². The van der Waals surface area contributed by atoms with Crippen LogP contribution in [0.15, 0.2) is 18.2 Å². The minimum atomic E-state index is -1.10. The minimum absolute atomic E-state index is 0.109. The predicted molar refractivity (Wildman–Crippen MR) is 77.9 cm³/mol. The van der Waals surface area contributed by atoms with Crippen LogP contribution in [0.3, 0.4) is 0 Å². The van der Waals surface area contributed by atoms with Gasteiger partial charge >= 0.3 is 0 Å². The molecular weight excluding hydrogens is 270 g/mol. The number of ether oxygens (including phenoxy) is 2. The zero-order valence-corrected chi connectivity index (χ0v) is 12.9. The standard InChI is InChI=1S/C16H25NO4/c1-3-5-6-9-21-14-8-7-12(10-15(14)20-4-2)13(17)11-16(18)19/h7-8,10,13H,3-6,9,11,17H2,1-2H3,(H,18,19)/t13-/m1/s1. The van der Waals surface area contributed by atoms with Gasteiger partial charge in [-0.05, 0) is 31.5 Å². The summed E-state index contributed by atoms with van der Waals surface area (Å²) in [6.45, 7) is 5.22. The Hall–Kier alpha value is -1.75. The highest BCUT2D eigenvalue weighted by atomic mass is 16.5. The minimum Gasteiger partial charge on any atom is -0.550 e. The van der Waals surface area contributed by atoms with Crippen molar-refractivity contribution in [2.24, 2.45) is 0 Å². The molecule has 0 aliphatic carbocycles. The summed E-state index contributed by atoms with van der Waals surface area (Å²) in [4.78, 5) is 10.7. The number of quaternary nitrogens is 1. The molecule has 3 N–H and O–H groups in total. The van der Waals surface area contributed by atoms with Crippen molar-refractivity contribution in [2.45, 2.75) is 45.6 Å². The Morgan fingerprint density at radius 3 is 2.62 bits per heavy atom. The number of carbonyl (C=O) groups is 1. The Morgan fingerprint density at radius 1 is 1.24 bits per heavy atom. The summed E-state index contributed by atoms with van der Waals surface area (Å²) >= 11 is 0. The molecule has 0 bridgehead atoms. The molecule has 5 heteroatoms. The van der Waals surface area contributed by atoms with Gasteiger partial charge in [-0.25, -0.2) is 0 Å². The van der Waals surface area contributed by atoms with Gasteiger partial charge in [0.2, 0.25) is 0 Å². The molecule has 5 nitrogen and oxygen atoms in total. The molecule has 1 rings (SSSR count). The molecule has 0 heterocycles. The van der Waals surface area contributed by atoms with Crippen LogP contribution in [-0.4, -0.2) is 19.2 Å². The van der Waals surface area contributed by atoms with Gasteiger partial charge in [-0.15, -0.1) is 0 Å². The topological polar surface area (TPSA) is 86.2 Å². The molecule has 0 amide bonds. The molecule has 21 heavy (non-hydrogen) atoms. The Kier molecular flexibility index (Phi) is 7.61. The van der Waals surface area contributed by atoms with Crippen molar-refractivity contribution in [1.82, 2.24) is 0 Å². The molecule has 0 radical (unpaired) electrons. The lowest BCUT2D eigenvalue weighted by Gasteiger charge is -2.15. The lowest BCUT2D eigenvalue weighted by Crippen LogP contribution is -2.55. The Bertz CT molecular complexity index is 448. The summed E-state index contributed by atoms with van der Waals surface area (Å²) in [6.07, 6.45) is 3.18. The fourth-order valence-electron chi connectivity index (χ4n) is 2.02. The average molecular weight is 295 g/mol. The zero-order chi connectivity index (χ0) is 15.7. The van der Waals surface area contributed by atoms with Crippen LogP contribution >= 0.6 is 0 Å². The second-order valence-electron chi connectivity index (χ2n) is 4.97. The van der Waals surface area contributed by atoms with Gasteiger partial charge in [0.1, 0.15) is 6.04 Å². The SMILES string of the molecule is CCCCCOc1ccc([C@H]([NH3+])CC(=O)[O-])cc1OCC. The van der Waals surface area contributed by atoms with Crippen molar-refractivity contribution >= 4 is 5.97 Å². The van der Waals surface area contributed by atoms with E-state index in [0.717, 1.165) is 24.8 Å². The maximum Gasteiger partial charge on any atom is 0.161 e. The van der Waals surface area contributed by atoms with Gasteiger partial charge in [0.05, 0.1) is 13.2 Å². The van der Waals surface area contributed by atoms with Gasteiger partial charge in [0.25, 0.3) is 0 Å². The molecule has 118 valence electrons. The number of carboxylic acids is 1. The lowest BCUT2D eigenvalue weighted by molar-refractivity contribution is -0.430. The third-order valence-corrected chi connectivity index (χ3v) is 3.16. The molecule has 0 aromatic heterocycles. The largest absolute Gasteiger partial charge is 0.550 e. The van der Waals surface area contributed by atoms with Gasteiger partial charge in [-0.3, -0.25) is 0 Å². The first-order valence-electron chi connectivity index (χ1n) is 7.50. The smallest absolute Gasteiger partial charge is 0.161 e. The third kappa shape index (κ3) is 6.04. The molecule has 0 saturated carbocycles. The molecule has 0 unspecified atom stereocenters. The first kappa shape index (κ1) is 17.3. The summed E-state index contributed by atoms with van der Waals surface area (Å²) in [7, 11) is 0. The van der Waals surface area contributed by atoms with Crippen molar-refractivity contribution in [3.8, 4) is 11.5 Å². The quantitative estimate of drug-likeness (QED) is 0.654. The molecule has 0 saturated heterocycles. The van der Waals surface area contributed by atoms with E-state index in [1.165, 1.54) is 0 Å². The second-order valence-corrected chi connectivity index (χ2v) is 4.97. The van der Waals surface area contributed by atoms with E-state index in [0.29, 0.717) is 24.7 Å². The predicted octanol–water partition coefficient (Wildman–Crippen LogP) is 1.08. The molecule has 0 aliphatic rings. The normalized spacial score (nSPS) is 12.0. The number of carbonyl (C=O) groups excluding carboxylic acids is 1. The van der Waals surface area contributed by atoms with Crippen LogP contribution in [0.5, 0.6) is 11.5 Å². The zero-order valence-electron chi connectivity index (χ0n) is 12.9. The summed E-state index contributed by atoms with van der Waals surface area (Å²) in [5.41, 5.74) is 4.66. The number of aliphatic carboxylic acids is 1. The fourth-order valence-corrected chi connectivity index (χ4v) is 2.02. The summed E-state index contributed by atoms with van der Waals surface area (Å²) in [5, 5.41) is 10.7. The molecule has 1 atom stereocenters. The maximum atomic E-state index is 10.7. The monoisotopic (exact) mass is 295 g/mol. The van der Waals surface area contributed by atoms with E-state index in [2.05, 4.69) is 12.7 Å². The van der Waals surface area contributed by atoms with E-state index < -0.39 is 5.97 Å². The van der Waals surface area contributed by atoms with Crippen LogP contribution in [0, 0.1) is 0 Å². The van der Waals surface area contributed by atoms with Gasteiger partial charge in [-0.1, -0.05) is 19.8 Å². The molecule has 0 aliphatic heterocycles. The number of benzene rings is 1. The van der Waals surface area contributed by atoms with Crippen LogP contribution in [0.4, 0.5) is 0 Å². The lowest BCUT2D eigenvalue weighted by atomic mass is 10.0. The van der Waals surface area contributed by atoms with Gasteiger partial charge in [0.15, 0.2) is 11.5 Å². The van der Waals surface area contributed by atoms with E-state index in [9.17, 15) is 9.90 Å². The first-order valence-corrected chi connectivity index (χ1v) is 7.50. The van der Waals surface area contributed by atoms with Crippen molar-refractivity contribution < 1.29 is 25.1 Å².